The van der Waals surface area contributed by atoms with Gasteiger partial charge in [-0.25, -0.2) is 4.39 Å². The molecule has 1 saturated carbocycles. The molecule has 40 heavy (non-hydrogen) atoms. The summed E-state index contributed by atoms with van der Waals surface area (Å²) < 4.78 is 36.4. The van der Waals surface area contributed by atoms with E-state index in [1.165, 1.54) is 20.8 Å². The summed E-state index contributed by atoms with van der Waals surface area (Å²) in [5, 5.41) is 49.3. The Balaban J connectivity index is 1.82. The topological polar surface area (TPSA) is 232 Å². The molecule has 0 aromatic carbocycles. The third kappa shape index (κ3) is 8.05. The van der Waals surface area contributed by atoms with Crippen LogP contribution in [0.3, 0.4) is 0 Å². The molecule has 12 atom stereocenters. The SMILES string of the molecule is CN[C@@H]1C(O)[C@@H](OC2C(O)C(O[C@H]3O[C@H](CNCCF)CCC3N)[C@@H](N)C[C@H]2N=C(N)C(C)(C)O)OCC1(C)O. The molecule has 0 aromatic heterocycles. The fourth-order valence-electron chi connectivity index (χ4n) is 5.39. The number of nitrogens with two attached hydrogens (primary N) is 3. The fraction of sp³-hybridized carbons (Fsp3) is 0.960. The fourth-order valence-corrected chi connectivity index (χ4v) is 5.39. The van der Waals surface area contributed by atoms with Crippen LogP contribution in [-0.4, -0.2) is 138 Å². The van der Waals surface area contributed by atoms with E-state index in [-0.39, 0.29) is 31.5 Å². The zero-order chi connectivity index (χ0) is 29.8. The molecule has 3 aliphatic rings. The lowest BCUT2D eigenvalue weighted by atomic mass is 9.83. The molecule has 234 valence electrons. The molecule has 3 rings (SSSR count). The number of hydrogen-bond acceptors (Lipinski definition) is 13. The molecule has 0 bridgehead atoms. The van der Waals surface area contributed by atoms with Gasteiger partial charge in [0.05, 0.1) is 30.8 Å². The first-order valence-electron chi connectivity index (χ1n) is 13.9. The van der Waals surface area contributed by atoms with E-state index in [1.54, 1.807) is 7.05 Å². The molecule has 6 unspecified atom stereocenters. The first-order valence-corrected chi connectivity index (χ1v) is 13.9. The predicted octanol–water partition coefficient (Wildman–Crippen LogP) is -3.21. The Bertz CT molecular complexity index is 836. The van der Waals surface area contributed by atoms with Crippen LogP contribution >= 0.6 is 0 Å². The van der Waals surface area contributed by atoms with E-state index < -0.39 is 79.0 Å². The molecule has 0 amide bonds. The van der Waals surface area contributed by atoms with Crippen LogP contribution in [0.25, 0.3) is 0 Å². The summed E-state index contributed by atoms with van der Waals surface area (Å²) in [4.78, 5) is 4.42. The number of aliphatic hydroxyl groups is 4. The maximum absolute atomic E-state index is 12.5. The lowest BCUT2D eigenvalue weighted by molar-refractivity contribution is -0.306. The number of nitrogens with one attached hydrogen (secondary N) is 2. The van der Waals surface area contributed by atoms with Gasteiger partial charge in [0.15, 0.2) is 12.6 Å². The summed E-state index contributed by atoms with van der Waals surface area (Å²) in [6.45, 7) is 4.45. The Morgan fingerprint density at radius 1 is 1.12 bits per heavy atom. The number of amidine groups is 1. The lowest BCUT2D eigenvalue weighted by Gasteiger charge is -2.48. The van der Waals surface area contributed by atoms with Crippen LogP contribution in [0.15, 0.2) is 4.99 Å². The molecule has 2 heterocycles. The van der Waals surface area contributed by atoms with Gasteiger partial charge in [0.1, 0.15) is 48.1 Å². The highest BCUT2D eigenvalue weighted by molar-refractivity contribution is 5.88. The summed E-state index contributed by atoms with van der Waals surface area (Å²) >= 11 is 0. The van der Waals surface area contributed by atoms with Gasteiger partial charge >= 0.3 is 0 Å². The third-order valence-corrected chi connectivity index (χ3v) is 7.78. The van der Waals surface area contributed by atoms with Gasteiger partial charge in [-0.05, 0) is 47.1 Å². The number of hydrogen-bond donors (Lipinski definition) is 9. The Morgan fingerprint density at radius 3 is 2.42 bits per heavy atom. The standard InChI is InChI=1S/C25H49FN6O8/c1-24(2,35)23(29)32-15-9-14(28)18(39-21-13(27)6-5-12(38-21)10-31-8-7-26)16(33)19(15)40-22-17(34)20(30-4)25(3,36)11-37-22/h12-22,30-31,33-36H,5-11,27-28H2,1-4H3,(H2,29,32)/t12-,13?,14-,15+,16?,17?,18?,19?,20+,21+,22+,25?/m0/s1. The van der Waals surface area contributed by atoms with Crippen LogP contribution < -0.4 is 27.8 Å². The molecule has 15 heteroatoms. The molecule has 2 saturated heterocycles. The van der Waals surface area contributed by atoms with Crippen molar-refractivity contribution in [1.29, 1.82) is 0 Å². The smallest absolute Gasteiger partial charge is 0.185 e. The van der Waals surface area contributed by atoms with E-state index in [4.69, 9.17) is 36.1 Å². The largest absolute Gasteiger partial charge is 0.388 e. The number of aliphatic imine (C=N–C) groups is 1. The Hall–Kier alpha value is -1.08. The number of nitrogens with zero attached hydrogens (tertiary/aromatic N) is 1. The van der Waals surface area contributed by atoms with E-state index in [0.29, 0.717) is 19.4 Å². The first kappa shape index (κ1) is 33.4. The van der Waals surface area contributed by atoms with E-state index in [9.17, 15) is 24.8 Å². The second kappa shape index (κ2) is 13.9. The molecular formula is C25H49FN6O8. The molecule has 3 fully saturated rings. The van der Waals surface area contributed by atoms with Crippen LogP contribution in [0.5, 0.6) is 0 Å². The van der Waals surface area contributed by atoms with Crippen molar-refractivity contribution in [2.24, 2.45) is 22.2 Å². The van der Waals surface area contributed by atoms with Gasteiger partial charge < -0.3 is 67.2 Å². The minimum atomic E-state index is -1.45. The molecule has 0 aromatic rings. The van der Waals surface area contributed by atoms with Gasteiger partial charge in [-0.3, -0.25) is 4.99 Å². The minimum Gasteiger partial charge on any atom is -0.388 e. The molecule has 14 nitrogen and oxygen atoms in total. The molecular weight excluding hydrogens is 531 g/mol. The van der Waals surface area contributed by atoms with Crippen LogP contribution in [0.2, 0.25) is 0 Å². The summed E-state index contributed by atoms with van der Waals surface area (Å²) in [6, 6.07) is -2.86. The van der Waals surface area contributed by atoms with Crippen molar-refractivity contribution in [3.8, 4) is 0 Å². The first-order chi connectivity index (χ1) is 18.7. The van der Waals surface area contributed by atoms with Crippen molar-refractivity contribution in [2.75, 3.05) is 33.4 Å². The molecule has 1 aliphatic carbocycles. The van der Waals surface area contributed by atoms with Crippen LogP contribution in [0.4, 0.5) is 4.39 Å². The number of alkyl halides is 1. The third-order valence-electron chi connectivity index (χ3n) is 7.78. The van der Waals surface area contributed by atoms with Crippen LogP contribution in [0.1, 0.15) is 40.0 Å². The normalized spacial score (nSPS) is 43.6. The average Bonchev–Trinajstić information content (AvgIpc) is 2.86. The van der Waals surface area contributed by atoms with E-state index in [1.807, 2.05) is 0 Å². The summed E-state index contributed by atoms with van der Waals surface area (Å²) in [5.74, 6) is -0.0905. The predicted molar refractivity (Wildman–Crippen MR) is 144 cm³/mol. The number of aliphatic hydroxyl groups excluding tert-OH is 2. The van der Waals surface area contributed by atoms with Crippen molar-refractivity contribution in [3.63, 3.8) is 0 Å². The molecule has 12 N–H and O–H groups in total. The maximum atomic E-state index is 12.5. The minimum absolute atomic E-state index is 0.0905. The van der Waals surface area contributed by atoms with Crippen molar-refractivity contribution in [3.05, 3.63) is 0 Å². The number of rotatable bonds is 11. The van der Waals surface area contributed by atoms with Crippen molar-refractivity contribution in [1.82, 2.24) is 10.6 Å². The number of likely N-dealkylation sites (N-methyl/N-ethyl adjacent to an activating group) is 1. The zero-order valence-corrected chi connectivity index (χ0v) is 23.8. The summed E-state index contributed by atoms with van der Waals surface area (Å²) in [5.41, 5.74) is 15.9. The number of ether oxygens (including phenoxy) is 4. The van der Waals surface area contributed by atoms with Gasteiger partial charge in [-0.1, -0.05) is 0 Å². The number of halogens is 1. The van der Waals surface area contributed by atoms with Crippen molar-refractivity contribution < 1.29 is 43.8 Å². The Labute approximate surface area is 234 Å². The monoisotopic (exact) mass is 580 g/mol. The van der Waals surface area contributed by atoms with Gasteiger partial charge in [0, 0.05) is 19.1 Å². The van der Waals surface area contributed by atoms with Gasteiger partial charge in [0.25, 0.3) is 0 Å². The summed E-state index contributed by atoms with van der Waals surface area (Å²) in [7, 11) is 1.59. The second-order valence-corrected chi connectivity index (χ2v) is 11.8. The molecule has 0 radical (unpaired) electrons. The van der Waals surface area contributed by atoms with E-state index in [2.05, 4.69) is 15.6 Å². The lowest BCUT2D eigenvalue weighted by Crippen LogP contribution is -2.67. The van der Waals surface area contributed by atoms with Crippen molar-refractivity contribution >= 4 is 5.84 Å². The van der Waals surface area contributed by atoms with Gasteiger partial charge in [-0.2, -0.15) is 0 Å². The second-order valence-electron chi connectivity index (χ2n) is 11.8. The van der Waals surface area contributed by atoms with Crippen LogP contribution in [-0.2, 0) is 18.9 Å². The average molecular weight is 581 g/mol. The van der Waals surface area contributed by atoms with Crippen LogP contribution in [0, 0.1) is 0 Å². The quantitative estimate of drug-likeness (QED) is 0.0666. The highest BCUT2D eigenvalue weighted by atomic mass is 19.1. The summed E-state index contributed by atoms with van der Waals surface area (Å²) in [6.07, 6.45) is -5.83. The zero-order valence-electron chi connectivity index (χ0n) is 23.8. The maximum Gasteiger partial charge on any atom is 0.185 e. The molecule has 0 spiro atoms. The van der Waals surface area contributed by atoms with Gasteiger partial charge in [0.2, 0.25) is 0 Å². The Kier molecular flexibility index (Phi) is 11.6. The van der Waals surface area contributed by atoms with Crippen molar-refractivity contribution in [2.45, 2.75) is 119 Å². The van der Waals surface area contributed by atoms with Gasteiger partial charge in [-0.15, -0.1) is 0 Å². The Morgan fingerprint density at radius 2 is 1.80 bits per heavy atom. The highest BCUT2D eigenvalue weighted by Gasteiger charge is 2.51. The van der Waals surface area contributed by atoms with E-state index >= 15 is 0 Å². The van der Waals surface area contributed by atoms with E-state index in [0.717, 1.165) is 0 Å². The highest BCUT2D eigenvalue weighted by Crippen LogP contribution is 2.33. The molecule has 2 aliphatic heterocycles.